The fraction of sp³-hybridized carbons (Fsp3) is 0.500. The summed E-state index contributed by atoms with van der Waals surface area (Å²) in [5.74, 6) is 0. The van der Waals surface area contributed by atoms with Crippen LogP contribution in [0.2, 0.25) is 0 Å². The molecule has 5 atom stereocenters. The van der Waals surface area contributed by atoms with E-state index in [1.807, 2.05) is 30.3 Å². The van der Waals surface area contributed by atoms with Crippen molar-refractivity contribution in [1.82, 2.24) is 4.90 Å². The standard InChI is InChI=1S/C14H17NO5S/c16-7-9-10(17)11(18)12-13(19-9)15(14(21)20-12)6-8-4-2-1-3-5-8/h1-5,9-13,16-18H,6-7H2/t9-,10-,11+,12-,13-/m1/s1. The lowest BCUT2D eigenvalue weighted by Crippen LogP contribution is -2.59. The molecule has 0 unspecified atom stereocenters. The van der Waals surface area contributed by atoms with Crippen LogP contribution in [0.25, 0.3) is 0 Å². The Labute approximate surface area is 127 Å². The van der Waals surface area contributed by atoms with Gasteiger partial charge in [-0.2, -0.15) is 0 Å². The van der Waals surface area contributed by atoms with Gasteiger partial charge in [0, 0.05) is 6.54 Å². The van der Waals surface area contributed by atoms with E-state index in [1.54, 1.807) is 4.90 Å². The topological polar surface area (TPSA) is 82.4 Å². The van der Waals surface area contributed by atoms with E-state index < -0.39 is 30.6 Å². The van der Waals surface area contributed by atoms with Crippen LogP contribution in [0.3, 0.4) is 0 Å². The molecule has 6 nitrogen and oxygen atoms in total. The summed E-state index contributed by atoms with van der Waals surface area (Å²) in [5.41, 5.74) is 1.02. The molecule has 0 bridgehead atoms. The second kappa shape index (κ2) is 5.86. The van der Waals surface area contributed by atoms with Crippen molar-refractivity contribution in [2.75, 3.05) is 6.61 Å². The summed E-state index contributed by atoms with van der Waals surface area (Å²) in [6, 6.07) is 9.67. The van der Waals surface area contributed by atoms with Crippen molar-refractivity contribution in [3.63, 3.8) is 0 Å². The zero-order chi connectivity index (χ0) is 15.0. The molecule has 0 spiro atoms. The Morgan fingerprint density at radius 2 is 1.86 bits per heavy atom. The molecule has 0 amide bonds. The SMILES string of the molecule is OC[C@H]1O[C@@H]2[C@H](OC(=S)N2Cc2ccccc2)[C@@H](O)[C@@H]1O. The van der Waals surface area contributed by atoms with Crippen molar-refractivity contribution >= 4 is 17.4 Å². The van der Waals surface area contributed by atoms with E-state index in [4.69, 9.17) is 21.7 Å². The number of hydrogen-bond donors (Lipinski definition) is 3. The molecule has 0 radical (unpaired) electrons. The van der Waals surface area contributed by atoms with E-state index in [0.29, 0.717) is 6.54 Å². The summed E-state index contributed by atoms with van der Waals surface area (Å²) in [6.45, 7) is 0.0924. The van der Waals surface area contributed by atoms with Gasteiger partial charge in [0.1, 0.15) is 18.3 Å². The van der Waals surface area contributed by atoms with E-state index in [2.05, 4.69) is 0 Å². The maximum atomic E-state index is 10.1. The highest BCUT2D eigenvalue weighted by atomic mass is 32.1. The van der Waals surface area contributed by atoms with Gasteiger partial charge in [0.2, 0.25) is 0 Å². The number of aliphatic hydroxyl groups is 3. The molecule has 2 heterocycles. The summed E-state index contributed by atoms with van der Waals surface area (Å²) in [6.07, 6.45) is -4.58. The van der Waals surface area contributed by atoms with E-state index in [9.17, 15) is 15.3 Å². The van der Waals surface area contributed by atoms with Crippen LogP contribution >= 0.6 is 12.2 Å². The summed E-state index contributed by atoms with van der Waals surface area (Å²) < 4.78 is 11.1. The van der Waals surface area contributed by atoms with Gasteiger partial charge < -0.3 is 24.8 Å². The smallest absolute Gasteiger partial charge is 0.262 e. The van der Waals surface area contributed by atoms with Crippen molar-refractivity contribution in [3.05, 3.63) is 35.9 Å². The molecule has 21 heavy (non-hydrogen) atoms. The van der Waals surface area contributed by atoms with Crippen LogP contribution in [0.5, 0.6) is 0 Å². The number of nitrogens with zero attached hydrogens (tertiary/aromatic N) is 1. The maximum Gasteiger partial charge on any atom is 0.262 e. The lowest BCUT2D eigenvalue weighted by atomic mass is 9.98. The highest BCUT2D eigenvalue weighted by Crippen LogP contribution is 2.32. The quantitative estimate of drug-likeness (QED) is 0.656. The Balaban J connectivity index is 1.81. The van der Waals surface area contributed by atoms with Gasteiger partial charge in [-0.15, -0.1) is 0 Å². The van der Waals surface area contributed by atoms with Crippen LogP contribution in [-0.4, -0.2) is 62.6 Å². The van der Waals surface area contributed by atoms with Gasteiger partial charge in [-0.05, 0) is 17.8 Å². The molecule has 114 valence electrons. The third-order valence-electron chi connectivity index (χ3n) is 3.82. The number of ether oxygens (including phenoxy) is 2. The molecule has 2 fully saturated rings. The van der Waals surface area contributed by atoms with E-state index in [-0.39, 0.29) is 11.8 Å². The fourth-order valence-corrected chi connectivity index (χ4v) is 2.95. The molecule has 1 aromatic carbocycles. The molecule has 2 saturated heterocycles. The average Bonchev–Trinajstić information content (AvgIpc) is 2.81. The largest absolute Gasteiger partial charge is 0.460 e. The summed E-state index contributed by atoms with van der Waals surface area (Å²) >= 11 is 5.19. The lowest BCUT2D eigenvalue weighted by molar-refractivity contribution is -0.231. The van der Waals surface area contributed by atoms with Crippen molar-refractivity contribution < 1.29 is 24.8 Å². The second-order valence-electron chi connectivity index (χ2n) is 5.19. The Kier molecular flexibility index (Phi) is 4.10. The lowest BCUT2D eigenvalue weighted by Gasteiger charge is -2.39. The number of benzene rings is 1. The predicted molar refractivity (Wildman–Crippen MR) is 77.2 cm³/mol. The van der Waals surface area contributed by atoms with Crippen molar-refractivity contribution in [2.24, 2.45) is 0 Å². The minimum absolute atomic E-state index is 0.221. The van der Waals surface area contributed by atoms with Crippen molar-refractivity contribution in [2.45, 2.75) is 37.2 Å². The Morgan fingerprint density at radius 3 is 2.52 bits per heavy atom. The Bertz CT molecular complexity index is 513. The summed E-state index contributed by atoms with van der Waals surface area (Å²) in [4.78, 5) is 1.72. The first-order valence-corrected chi connectivity index (χ1v) is 7.16. The van der Waals surface area contributed by atoms with Gasteiger partial charge in [-0.25, -0.2) is 0 Å². The van der Waals surface area contributed by atoms with Gasteiger partial charge >= 0.3 is 0 Å². The Morgan fingerprint density at radius 1 is 1.14 bits per heavy atom. The third kappa shape index (κ3) is 2.63. The molecule has 0 saturated carbocycles. The first-order chi connectivity index (χ1) is 10.1. The van der Waals surface area contributed by atoms with Gasteiger partial charge in [0.05, 0.1) is 6.61 Å². The third-order valence-corrected chi connectivity index (χ3v) is 4.15. The minimum Gasteiger partial charge on any atom is -0.460 e. The molecule has 2 aliphatic heterocycles. The molecule has 2 aliphatic rings. The van der Waals surface area contributed by atoms with Gasteiger partial charge in [0.25, 0.3) is 5.17 Å². The van der Waals surface area contributed by atoms with Crippen LogP contribution in [0, 0.1) is 0 Å². The molecular formula is C14H17NO5S. The van der Waals surface area contributed by atoms with Crippen LogP contribution in [0.15, 0.2) is 30.3 Å². The monoisotopic (exact) mass is 311 g/mol. The molecule has 7 heteroatoms. The van der Waals surface area contributed by atoms with Crippen molar-refractivity contribution in [1.29, 1.82) is 0 Å². The average molecular weight is 311 g/mol. The molecular weight excluding hydrogens is 294 g/mol. The van der Waals surface area contributed by atoms with E-state index in [1.165, 1.54) is 0 Å². The zero-order valence-corrected chi connectivity index (χ0v) is 12.0. The summed E-state index contributed by atoms with van der Waals surface area (Å²) in [7, 11) is 0. The number of aliphatic hydroxyl groups excluding tert-OH is 3. The van der Waals surface area contributed by atoms with Gasteiger partial charge in [-0.3, -0.25) is 4.90 Å². The number of rotatable bonds is 3. The second-order valence-corrected chi connectivity index (χ2v) is 5.54. The number of fused-ring (bicyclic) bond motifs is 1. The zero-order valence-electron chi connectivity index (χ0n) is 11.2. The number of thiocarbonyl (C=S) groups is 1. The van der Waals surface area contributed by atoms with Crippen LogP contribution in [0.1, 0.15) is 5.56 Å². The highest BCUT2D eigenvalue weighted by molar-refractivity contribution is 7.80. The maximum absolute atomic E-state index is 10.1. The molecule has 1 aromatic rings. The van der Waals surface area contributed by atoms with Crippen molar-refractivity contribution in [3.8, 4) is 0 Å². The first kappa shape index (κ1) is 14.7. The van der Waals surface area contributed by atoms with Crippen LogP contribution in [-0.2, 0) is 16.0 Å². The summed E-state index contributed by atoms with van der Waals surface area (Å²) in [5, 5.41) is 29.4. The molecule has 0 aromatic heterocycles. The highest BCUT2D eigenvalue weighted by Gasteiger charge is 2.53. The Hall–Kier alpha value is -1.25. The molecule has 0 aliphatic carbocycles. The van der Waals surface area contributed by atoms with Crippen LogP contribution in [0.4, 0.5) is 0 Å². The number of hydrogen-bond acceptors (Lipinski definition) is 6. The first-order valence-electron chi connectivity index (χ1n) is 6.75. The van der Waals surface area contributed by atoms with E-state index >= 15 is 0 Å². The molecule has 3 N–H and O–H groups in total. The van der Waals surface area contributed by atoms with E-state index in [0.717, 1.165) is 5.56 Å². The minimum atomic E-state index is -1.20. The van der Waals surface area contributed by atoms with Gasteiger partial charge in [0.15, 0.2) is 12.3 Å². The van der Waals surface area contributed by atoms with Gasteiger partial charge in [-0.1, -0.05) is 30.3 Å². The fourth-order valence-electron chi connectivity index (χ4n) is 2.67. The molecule has 3 rings (SSSR count). The van der Waals surface area contributed by atoms with Crippen LogP contribution < -0.4 is 0 Å². The normalized spacial score (nSPS) is 35.5. The predicted octanol–water partition coefficient (Wildman–Crippen LogP) is -0.389.